The number of allylic oxidation sites excluding steroid dienone is 8. The van der Waals surface area contributed by atoms with E-state index in [0.717, 1.165) is 89.7 Å². The van der Waals surface area contributed by atoms with Crippen molar-refractivity contribution in [3.63, 3.8) is 0 Å². The molecule has 2 atom stereocenters. The number of furan rings is 1. The molecular formula is C63H49N3O. The van der Waals surface area contributed by atoms with Crippen molar-refractivity contribution >= 4 is 73.0 Å². The van der Waals surface area contributed by atoms with Gasteiger partial charge in [-0.05, 0) is 136 Å². The molecule has 0 radical (unpaired) electrons. The lowest BCUT2D eigenvalue weighted by molar-refractivity contribution is 0.394. The molecule has 0 spiro atoms. The van der Waals surface area contributed by atoms with Gasteiger partial charge in [0.05, 0.1) is 11.4 Å². The summed E-state index contributed by atoms with van der Waals surface area (Å²) in [5.41, 5.74) is 16.9. The van der Waals surface area contributed by atoms with E-state index < -0.39 is 0 Å². The van der Waals surface area contributed by atoms with Crippen molar-refractivity contribution in [2.75, 3.05) is 14.7 Å². The van der Waals surface area contributed by atoms with Gasteiger partial charge in [0.15, 0.2) is 5.58 Å². The zero-order valence-electron chi connectivity index (χ0n) is 37.6. The molecule has 0 N–H and O–H groups in total. The second kappa shape index (κ2) is 16.3. The molecule has 12 rings (SSSR count). The minimum Gasteiger partial charge on any atom is -0.454 e. The summed E-state index contributed by atoms with van der Waals surface area (Å²) in [7, 11) is 0. The van der Waals surface area contributed by atoms with Crippen LogP contribution in [-0.2, 0) is 5.41 Å². The lowest BCUT2D eigenvalue weighted by Gasteiger charge is -2.32. The quantitative estimate of drug-likeness (QED) is 0.152. The fourth-order valence-corrected chi connectivity index (χ4v) is 10.7. The number of benzene rings is 8. The van der Waals surface area contributed by atoms with Crippen LogP contribution in [0.3, 0.4) is 0 Å². The molecule has 0 bridgehead atoms. The van der Waals surface area contributed by atoms with Gasteiger partial charge in [0, 0.05) is 62.6 Å². The van der Waals surface area contributed by atoms with E-state index >= 15 is 0 Å². The molecule has 2 heterocycles. The normalized spacial score (nSPS) is 17.6. The zero-order valence-corrected chi connectivity index (χ0v) is 37.6. The van der Waals surface area contributed by atoms with Crippen LogP contribution in [0.4, 0.5) is 45.5 Å². The van der Waals surface area contributed by atoms with Crippen molar-refractivity contribution < 1.29 is 4.42 Å². The maximum Gasteiger partial charge on any atom is 0.159 e. The SMILES string of the molecule is C=C1/C=C\C=C/N(c2ccccc2)c2ccc(-c3cc(N(c4ccccc4)c4ccc5c(c4)C(C)(C)C4C=CC=CC54)cc(N(c4ccccc4)c4cccc5c4oc4ccccc45)c3)cc21. The first-order valence-electron chi connectivity index (χ1n) is 23.2. The Morgan fingerprint density at radius 2 is 1.22 bits per heavy atom. The average molecular weight is 864 g/mol. The molecule has 2 aliphatic carbocycles. The van der Waals surface area contributed by atoms with E-state index in [-0.39, 0.29) is 5.41 Å². The van der Waals surface area contributed by atoms with E-state index in [9.17, 15) is 0 Å². The Balaban J connectivity index is 1.11. The van der Waals surface area contributed by atoms with E-state index in [0.29, 0.717) is 11.8 Å². The molecule has 0 saturated carbocycles. The predicted molar refractivity (Wildman–Crippen MR) is 282 cm³/mol. The number of fused-ring (bicyclic) bond motifs is 7. The van der Waals surface area contributed by atoms with Crippen molar-refractivity contribution in [3.8, 4) is 11.1 Å². The summed E-state index contributed by atoms with van der Waals surface area (Å²) < 4.78 is 6.80. The lowest BCUT2D eigenvalue weighted by Crippen LogP contribution is -2.24. The Bertz CT molecular complexity index is 3480. The first-order chi connectivity index (χ1) is 32.9. The summed E-state index contributed by atoms with van der Waals surface area (Å²) in [4.78, 5) is 7.03. The van der Waals surface area contributed by atoms with Crippen LogP contribution in [-0.4, -0.2) is 0 Å². The van der Waals surface area contributed by atoms with Crippen LogP contribution in [0.25, 0.3) is 38.6 Å². The molecule has 322 valence electrons. The molecule has 1 aromatic heterocycles. The van der Waals surface area contributed by atoms with Gasteiger partial charge < -0.3 is 19.1 Å². The Kier molecular flexibility index (Phi) is 9.76. The minimum atomic E-state index is -0.0532. The van der Waals surface area contributed by atoms with Crippen molar-refractivity contribution in [3.05, 3.63) is 260 Å². The van der Waals surface area contributed by atoms with E-state index in [4.69, 9.17) is 4.42 Å². The van der Waals surface area contributed by atoms with E-state index in [1.165, 1.54) is 11.1 Å². The highest BCUT2D eigenvalue weighted by atomic mass is 16.3. The standard InChI is InChI=1S/C63H49N3O/c1-43-20-17-18-37-64(46-21-7-4-8-22-46)59-36-33-44(40-56(43)59)45-38-50(65(47-23-9-5-10-24-47)49-34-35-53-52-27-13-15-30-57(52)63(2,3)58(53)42-49)41-51(39-45)66(48-25-11-6-12-26-48)60-31-19-29-55-54-28-14-16-32-61(54)67-62(55)60/h4-42,52,57H,1H2,2-3H3/b20-17-,37-18-. The number of para-hydroxylation sites is 5. The van der Waals surface area contributed by atoms with Crippen LogP contribution in [0.15, 0.2) is 248 Å². The van der Waals surface area contributed by atoms with Crippen molar-refractivity contribution in [2.24, 2.45) is 5.92 Å². The fourth-order valence-electron chi connectivity index (χ4n) is 10.7. The Hall–Kier alpha value is -8.34. The maximum atomic E-state index is 6.80. The maximum absolute atomic E-state index is 6.80. The first-order valence-corrected chi connectivity index (χ1v) is 23.2. The van der Waals surface area contributed by atoms with Gasteiger partial charge in [-0.2, -0.15) is 0 Å². The highest BCUT2D eigenvalue weighted by Gasteiger charge is 2.44. The summed E-state index contributed by atoms with van der Waals surface area (Å²) in [6.07, 6.45) is 17.6. The second-order valence-corrected chi connectivity index (χ2v) is 18.3. The van der Waals surface area contributed by atoms with Gasteiger partial charge in [0.25, 0.3) is 0 Å². The summed E-state index contributed by atoms with van der Waals surface area (Å²) >= 11 is 0. The average Bonchev–Trinajstić information content (AvgIpc) is 3.86. The minimum absolute atomic E-state index is 0.0532. The third-order valence-corrected chi connectivity index (χ3v) is 14.0. The lowest BCUT2D eigenvalue weighted by atomic mass is 9.74. The number of hydrogen-bond acceptors (Lipinski definition) is 4. The van der Waals surface area contributed by atoms with Gasteiger partial charge in [-0.3, -0.25) is 0 Å². The molecule has 4 heteroatoms. The van der Waals surface area contributed by atoms with Crippen LogP contribution >= 0.6 is 0 Å². The second-order valence-electron chi connectivity index (χ2n) is 18.3. The molecule has 67 heavy (non-hydrogen) atoms. The highest BCUT2D eigenvalue weighted by Crippen LogP contribution is 2.55. The molecular weight excluding hydrogens is 815 g/mol. The molecule has 1 aliphatic heterocycles. The third kappa shape index (κ3) is 6.92. The van der Waals surface area contributed by atoms with Crippen LogP contribution in [0, 0.1) is 5.92 Å². The molecule has 2 unspecified atom stereocenters. The third-order valence-electron chi connectivity index (χ3n) is 14.0. The fraction of sp³-hybridized carbons (Fsp3) is 0.0794. The van der Waals surface area contributed by atoms with Gasteiger partial charge in [-0.1, -0.05) is 154 Å². The molecule has 0 saturated heterocycles. The van der Waals surface area contributed by atoms with Crippen LogP contribution in [0.1, 0.15) is 36.5 Å². The smallest absolute Gasteiger partial charge is 0.159 e. The topological polar surface area (TPSA) is 22.9 Å². The highest BCUT2D eigenvalue weighted by molar-refractivity contribution is 6.10. The molecule has 9 aromatic rings. The van der Waals surface area contributed by atoms with Gasteiger partial charge in [0.2, 0.25) is 0 Å². The van der Waals surface area contributed by atoms with Crippen LogP contribution < -0.4 is 14.7 Å². The number of nitrogens with zero attached hydrogens (tertiary/aromatic N) is 3. The van der Waals surface area contributed by atoms with Gasteiger partial charge in [0.1, 0.15) is 5.58 Å². The molecule has 4 nitrogen and oxygen atoms in total. The van der Waals surface area contributed by atoms with Crippen molar-refractivity contribution in [2.45, 2.75) is 25.2 Å². The summed E-state index contributed by atoms with van der Waals surface area (Å²) in [5, 5.41) is 2.17. The van der Waals surface area contributed by atoms with E-state index in [1.54, 1.807) is 0 Å². The van der Waals surface area contributed by atoms with Crippen molar-refractivity contribution in [1.82, 2.24) is 0 Å². The molecule has 3 aliphatic rings. The zero-order chi connectivity index (χ0) is 45.1. The Labute approximate surface area is 392 Å². The summed E-state index contributed by atoms with van der Waals surface area (Å²) in [5.74, 6) is 0.763. The van der Waals surface area contributed by atoms with Crippen LogP contribution in [0.2, 0.25) is 0 Å². The van der Waals surface area contributed by atoms with E-state index in [1.807, 2.05) is 6.07 Å². The number of hydrogen-bond donors (Lipinski definition) is 0. The van der Waals surface area contributed by atoms with Gasteiger partial charge in [-0.25, -0.2) is 0 Å². The summed E-state index contributed by atoms with van der Waals surface area (Å²) in [6, 6.07) is 67.7. The van der Waals surface area contributed by atoms with E-state index in [2.05, 4.69) is 266 Å². The monoisotopic (exact) mass is 863 g/mol. The summed E-state index contributed by atoms with van der Waals surface area (Å²) in [6.45, 7) is 9.41. The largest absolute Gasteiger partial charge is 0.454 e. The number of anilines is 8. The van der Waals surface area contributed by atoms with Crippen LogP contribution in [0.5, 0.6) is 0 Å². The van der Waals surface area contributed by atoms with Crippen molar-refractivity contribution in [1.29, 1.82) is 0 Å². The Morgan fingerprint density at radius 1 is 0.537 bits per heavy atom. The molecule has 8 aromatic carbocycles. The number of rotatable bonds is 8. The Morgan fingerprint density at radius 3 is 2.01 bits per heavy atom. The van der Waals surface area contributed by atoms with Gasteiger partial charge >= 0.3 is 0 Å². The predicted octanol–water partition coefficient (Wildman–Crippen LogP) is 17.5. The molecule has 0 amide bonds. The van der Waals surface area contributed by atoms with Gasteiger partial charge in [-0.15, -0.1) is 0 Å². The first kappa shape index (κ1) is 40.2. The molecule has 0 fully saturated rings.